The molecule has 2 unspecified atom stereocenters. The molecule has 166 valence electrons. The van der Waals surface area contributed by atoms with Crippen molar-refractivity contribution < 1.29 is 31.2 Å². The second kappa shape index (κ2) is 8.31. The van der Waals surface area contributed by atoms with E-state index in [4.69, 9.17) is 5.14 Å². The van der Waals surface area contributed by atoms with Crippen molar-refractivity contribution in [2.45, 2.75) is 30.5 Å². The molecule has 0 bridgehead atoms. The summed E-state index contributed by atoms with van der Waals surface area (Å²) in [5.41, 5.74) is -0.163. The molecule has 1 fully saturated rings. The van der Waals surface area contributed by atoms with Crippen molar-refractivity contribution in [1.82, 2.24) is 5.32 Å². The topological polar surface area (TPSA) is 110 Å². The third kappa shape index (κ3) is 5.23. The Balaban J connectivity index is 1.68. The number of nitrogens with one attached hydrogen (secondary N) is 1. The first kappa shape index (κ1) is 22.8. The smallest absolute Gasteiger partial charge is 0.349 e. The number of hydrogen-bond donors (Lipinski definition) is 2. The number of anilines is 1. The van der Waals surface area contributed by atoms with Crippen LogP contribution in [0.3, 0.4) is 0 Å². The molecule has 0 saturated carbocycles. The fourth-order valence-electron chi connectivity index (χ4n) is 3.34. The minimum atomic E-state index is -4.54. The summed E-state index contributed by atoms with van der Waals surface area (Å²) >= 11 is 0. The second-order valence-corrected chi connectivity index (χ2v) is 8.86. The number of rotatable bonds is 5. The lowest BCUT2D eigenvalue weighted by Crippen LogP contribution is -2.34. The maximum Gasteiger partial charge on any atom is 0.416 e. The van der Waals surface area contributed by atoms with Crippen molar-refractivity contribution in [1.29, 1.82) is 0 Å². The molecule has 2 amide bonds. The molecule has 2 atom stereocenters. The zero-order valence-corrected chi connectivity index (χ0v) is 17.2. The normalized spacial score (nSPS) is 18.2. The van der Waals surface area contributed by atoms with Crippen LogP contribution in [0.1, 0.15) is 30.5 Å². The van der Waals surface area contributed by atoms with Gasteiger partial charge in [0, 0.05) is 18.7 Å². The van der Waals surface area contributed by atoms with E-state index in [1.807, 2.05) is 0 Å². The Bertz CT molecular complexity index is 1100. The lowest BCUT2D eigenvalue weighted by molar-refractivity contribution is -0.137. The van der Waals surface area contributed by atoms with Gasteiger partial charge in [0.2, 0.25) is 21.8 Å². The summed E-state index contributed by atoms with van der Waals surface area (Å²) < 4.78 is 61.5. The van der Waals surface area contributed by atoms with Gasteiger partial charge in [-0.05, 0) is 42.8 Å². The summed E-state index contributed by atoms with van der Waals surface area (Å²) in [6, 6.07) is 9.59. The van der Waals surface area contributed by atoms with Crippen LogP contribution in [-0.2, 0) is 25.8 Å². The first-order valence-corrected chi connectivity index (χ1v) is 10.8. The van der Waals surface area contributed by atoms with Crippen LogP contribution < -0.4 is 15.4 Å². The fraction of sp³-hybridized carbons (Fsp3) is 0.300. The highest BCUT2D eigenvalue weighted by atomic mass is 32.2. The van der Waals surface area contributed by atoms with Gasteiger partial charge in [-0.15, -0.1) is 0 Å². The Hall–Kier alpha value is -2.92. The highest BCUT2D eigenvalue weighted by molar-refractivity contribution is 7.89. The molecule has 1 heterocycles. The third-order valence-corrected chi connectivity index (χ3v) is 5.98. The van der Waals surface area contributed by atoms with E-state index in [2.05, 4.69) is 5.32 Å². The van der Waals surface area contributed by atoms with E-state index >= 15 is 0 Å². The van der Waals surface area contributed by atoms with Crippen LogP contribution >= 0.6 is 0 Å². The van der Waals surface area contributed by atoms with Crippen LogP contribution in [0.15, 0.2) is 53.4 Å². The average molecular weight is 455 g/mol. The summed E-state index contributed by atoms with van der Waals surface area (Å²) in [5, 5.41) is 7.80. The van der Waals surface area contributed by atoms with Crippen molar-refractivity contribution in [3.63, 3.8) is 0 Å². The third-order valence-electron chi connectivity index (χ3n) is 5.05. The Labute approximate surface area is 177 Å². The molecule has 7 nitrogen and oxygen atoms in total. The van der Waals surface area contributed by atoms with Crippen LogP contribution in [0.2, 0.25) is 0 Å². The van der Waals surface area contributed by atoms with E-state index in [0.717, 1.165) is 12.1 Å². The van der Waals surface area contributed by atoms with E-state index in [9.17, 15) is 31.2 Å². The van der Waals surface area contributed by atoms with Gasteiger partial charge in [-0.2, -0.15) is 13.2 Å². The maximum absolute atomic E-state index is 12.9. The summed E-state index contributed by atoms with van der Waals surface area (Å²) in [4.78, 5) is 26.1. The van der Waals surface area contributed by atoms with Crippen LogP contribution in [0.25, 0.3) is 0 Å². The minimum Gasteiger partial charge on any atom is -0.349 e. The Morgan fingerprint density at radius 2 is 1.84 bits per heavy atom. The Kier molecular flexibility index (Phi) is 6.10. The molecule has 1 aliphatic rings. The molecule has 0 aromatic heterocycles. The van der Waals surface area contributed by atoms with Crippen LogP contribution in [0.5, 0.6) is 0 Å². The number of nitrogens with two attached hydrogens (primary N) is 1. The Morgan fingerprint density at radius 1 is 1.19 bits per heavy atom. The summed E-state index contributed by atoms with van der Waals surface area (Å²) in [7, 11) is -3.83. The predicted molar refractivity (Wildman–Crippen MR) is 106 cm³/mol. The zero-order valence-electron chi connectivity index (χ0n) is 16.4. The molecule has 0 radical (unpaired) electrons. The lowest BCUT2D eigenvalue weighted by Gasteiger charge is -2.20. The fourth-order valence-corrected chi connectivity index (χ4v) is 3.86. The molecule has 3 rings (SSSR count). The summed E-state index contributed by atoms with van der Waals surface area (Å²) in [5.74, 6) is -1.59. The van der Waals surface area contributed by atoms with Crippen LogP contribution in [0, 0.1) is 5.92 Å². The lowest BCUT2D eigenvalue weighted by atomic mass is 10.1. The van der Waals surface area contributed by atoms with E-state index < -0.39 is 45.5 Å². The maximum atomic E-state index is 12.9. The van der Waals surface area contributed by atoms with Crippen LogP contribution in [0.4, 0.5) is 18.9 Å². The van der Waals surface area contributed by atoms with E-state index in [1.165, 1.54) is 41.3 Å². The van der Waals surface area contributed by atoms with Gasteiger partial charge >= 0.3 is 6.18 Å². The molecule has 2 aromatic carbocycles. The number of halogens is 3. The average Bonchev–Trinajstić information content (AvgIpc) is 3.08. The van der Waals surface area contributed by atoms with Crippen molar-refractivity contribution >= 4 is 27.5 Å². The van der Waals surface area contributed by atoms with Crippen molar-refractivity contribution in [3.05, 3.63) is 59.7 Å². The quantitative estimate of drug-likeness (QED) is 0.722. The largest absolute Gasteiger partial charge is 0.416 e. The summed E-state index contributed by atoms with van der Waals surface area (Å²) in [6.07, 6.45) is -4.66. The molecule has 1 aliphatic heterocycles. The molecular weight excluding hydrogens is 435 g/mol. The molecule has 11 heteroatoms. The number of hydrogen-bond acceptors (Lipinski definition) is 4. The highest BCUT2D eigenvalue weighted by Crippen LogP contribution is 2.33. The number of nitrogens with zero attached hydrogens (tertiary/aromatic N) is 1. The van der Waals surface area contributed by atoms with Crippen molar-refractivity contribution in [2.24, 2.45) is 11.1 Å². The SMILES string of the molecule is CC(NC(=O)C1CC(=O)N(c2cccc(C(F)(F)F)c2)C1)c1ccc(S(N)(=O)=O)cc1. The van der Waals surface area contributed by atoms with Gasteiger partial charge in [0.15, 0.2) is 0 Å². The van der Waals surface area contributed by atoms with E-state index in [-0.39, 0.29) is 23.5 Å². The zero-order chi connectivity index (χ0) is 23.0. The number of carbonyl (C=O) groups is 2. The van der Waals surface area contributed by atoms with E-state index in [1.54, 1.807) is 6.92 Å². The molecule has 1 saturated heterocycles. The summed E-state index contributed by atoms with van der Waals surface area (Å²) in [6.45, 7) is 1.65. The number of amides is 2. The first-order chi connectivity index (χ1) is 14.4. The predicted octanol–water partition coefficient (Wildman–Crippen LogP) is 2.58. The molecule has 0 spiro atoms. The van der Waals surface area contributed by atoms with Gasteiger partial charge in [0.1, 0.15) is 0 Å². The number of alkyl halides is 3. The van der Waals surface area contributed by atoms with Gasteiger partial charge in [0.25, 0.3) is 0 Å². The minimum absolute atomic E-state index is 0.0386. The standard InChI is InChI=1S/C20H20F3N3O4S/c1-12(13-5-7-17(8-6-13)31(24,29)30)25-19(28)14-9-18(27)26(11-14)16-4-2-3-15(10-16)20(21,22)23/h2-8,10,12,14H,9,11H2,1H3,(H,25,28)(H2,24,29,30). The van der Waals surface area contributed by atoms with Crippen LogP contribution in [-0.4, -0.2) is 26.8 Å². The number of primary sulfonamides is 1. The van der Waals surface area contributed by atoms with Crippen molar-refractivity contribution in [2.75, 3.05) is 11.4 Å². The van der Waals surface area contributed by atoms with Crippen molar-refractivity contribution in [3.8, 4) is 0 Å². The monoisotopic (exact) mass is 455 g/mol. The van der Waals surface area contributed by atoms with Gasteiger partial charge < -0.3 is 10.2 Å². The Morgan fingerprint density at radius 3 is 2.42 bits per heavy atom. The molecule has 31 heavy (non-hydrogen) atoms. The molecule has 3 N–H and O–H groups in total. The van der Waals surface area contributed by atoms with E-state index in [0.29, 0.717) is 5.56 Å². The second-order valence-electron chi connectivity index (χ2n) is 7.30. The number of benzene rings is 2. The van der Waals surface area contributed by atoms with Gasteiger partial charge in [-0.3, -0.25) is 9.59 Å². The molecular formula is C20H20F3N3O4S. The van der Waals surface area contributed by atoms with Gasteiger partial charge in [-0.1, -0.05) is 18.2 Å². The number of sulfonamides is 1. The molecule has 0 aliphatic carbocycles. The molecule has 2 aromatic rings. The highest BCUT2D eigenvalue weighted by Gasteiger charge is 2.37. The first-order valence-electron chi connectivity index (χ1n) is 9.27. The van der Waals surface area contributed by atoms with Gasteiger partial charge in [0.05, 0.1) is 22.4 Å². The van der Waals surface area contributed by atoms with Gasteiger partial charge in [-0.25, -0.2) is 13.6 Å². The number of carbonyl (C=O) groups excluding carboxylic acids is 2.